The number of urea groups is 1. The Hall–Kier alpha value is -1.75. The first-order chi connectivity index (χ1) is 7.00. The smallest absolute Gasteiger partial charge is 0.318 e. The van der Waals surface area contributed by atoms with E-state index in [1.165, 1.54) is 4.90 Å². The summed E-state index contributed by atoms with van der Waals surface area (Å²) < 4.78 is 0. The van der Waals surface area contributed by atoms with E-state index in [0.717, 1.165) is 5.69 Å². The SMILES string of the molecule is CN(C(=N)NC(N)=O)c1ccc(Cl)cc1. The van der Waals surface area contributed by atoms with Crippen molar-refractivity contribution in [3.05, 3.63) is 29.3 Å². The lowest BCUT2D eigenvalue weighted by Crippen LogP contribution is -2.43. The van der Waals surface area contributed by atoms with Crippen LogP contribution in [0.4, 0.5) is 10.5 Å². The third-order valence-electron chi connectivity index (χ3n) is 1.79. The molecule has 0 unspecified atom stereocenters. The van der Waals surface area contributed by atoms with Crippen LogP contribution in [0.15, 0.2) is 24.3 Å². The summed E-state index contributed by atoms with van der Waals surface area (Å²) in [6, 6.07) is 6.11. The fourth-order valence-electron chi connectivity index (χ4n) is 0.994. The molecular formula is C9H11ClN4O. The second-order valence-electron chi connectivity index (χ2n) is 2.87. The van der Waals surface area contributed by atoms with E-state index >= 15 is 0 Å². The van der Waals surface area contributed by atoms with E-state index in [-0.39, 0.29) is 5.96 Å². The van der Waals surface area contributed by atoms with Gasteiger partial charge in [-0.3, -0.25) is 10.7 Å². The summed E-state index contributed by atoms with van der Waals surface area (Å²) in [5.41, 5.74) is 5.63. The maximum absolute atomic E-state index is 10.5. The monoisotopic (exact) mass is 226 g/mol. The highest BCUT2D eigenvalue weighted by atomic mass is 35.5. The standard InChI is InChI=1S/C9H11ClN4O/c1-14(8(11)13-9(12)15)7-4-2-6(10)3-5-7/h2-5H,1H3,(H4,11,12,13,15). The molecule has 2 amide bonds. The van der Waals surface area contributed by atoms with Crippen LogP contribution in [0.2, 0.25) is 5.02 Å². The van der Waals surface area contributed by atoms with Crippen LogP contribution >= 0.6 is 11.6 Å². The minimum absolute atomic E-state index is 0.0928. The first kappa shape index (κ1) is 11.3. The number of halogens is 1. The van der Waals surface area contributed by atoms with Gasteiger partial charge in [0.2, 0.25) is 5.96 Å². The van der Waals surface area contributed by atoms with Gasteiger partial charge in [-0.15, -0.1) is 0 Å². The molecule has 0 aliphatic rings. The van der Waals surface area contributed by atoms with Gasteiger partial charge in [0.1, 0.15) is 0 Å². The Bertz CT molecular complexity index is 376. The Morgan fingerprint density at radius 1 is 1.47 bits per heavy atom. The van der Waals surface area contributed by atoms with E-state index in [0.29, 0.717) is 5.02 Å². The zero-order chi connectivity index (χ0) is 11.4. The van der Waals surface area contributed by atoms with E-state index in [2.05, 4.69) is 5.32 Å². The average molecular weight is 227 g/mol. The predicted molar refractivity (Wildman–Crippen MR) is 60.3 cm³/mol. The highest BCUT2D eigenvalue weighted by Crippen LogP contribution is 2.16. The first-order valence-electron chi connectivity index (χ1n) is 4.15. The second kappa shape index (κ2) is 4.65. The number of primary amides is 1. The molecule has 0 saturated heterocycles. The van der Waals surface area contributed by atoms with Crippen LogP contribution in [0.25, 0.3) is 0 Å². The number of amides is 2. The molecule has 1 aromatic carbocycles. The highest BCUT2D eigenvalue weighted by molar-refractivity contribution is 6.30. The Balaban J connectivity index is 2.76. The molecule has 0 spiro atoms. The first-order valence-corrected chi connectivity index (χ1v) is 4.53. The van der Waals surface area contributed by atoms with E-state index in [1.807, 2.05) is 0 Å². The molecule has 0 bridgehead atoms. The van der Waals surface area contributed by atoms with E-state index in [9.17, 15) is 4.79 Å². The van der Waals surface area contributed by atoms with Crippen LogP contribution in [-0.4, -0.2) is 19.0 Å². The van der Waals surface area contributed by atoms with Crippen molar-refractivity contribution in [2.75, 3.05) is 11.9 Å². The lowest BCUT2D eigenvalue weighted by atomic mass is 10.3. The zero-order valence-corrected chi connectivity index (χ0v) is 8.88. The Morgan fingerprint density at radius 2 is 2.00 bits per heavy atom. The van der Waals surface area contributed by atoms with Crippen molar-refractivity contribution < 1.29 is 4.79 Å². The second-order valence-corrected chi connectivity index (χ2v) is 3.31. The summed E-state index contributed by atoms with van der Waals surface area (Å²) in [6.45, 7) is 0. The van der Waals surface area contributed by atoms with Gasteiger partial charge in [0.15, 0.2) is 0 Å². The molecule has 1 aromatic rings. The maximum atomic E-state index is 10.5. The van der Waals surface area contributed by atoms with Crippen molar-refractivity contribution in [3.8, 4) is 0 Å². The van der Waals surface area contributed by atoms with Gasteiger partial charge in [-0.2, -0.15) is 0 Å². The third-order valence-corrected chi connectivity index (χ3v) is 2.04. The Kier molecular flexibility index (Phi) is 3.51. The molecule has 0 aromatic heterocycles. The van der Waals surface area contributed by atoms with Gasteiger partial charge in [-0.1, -0.05) is 11.6 Å². The van der Waals surface area contributed by atoms with Gasteiger partial charge >= 0.3 is 6.03 Å². The number of nitrogens with one attached hydrogen (secondary N) is 2. The summed E-state index contributed by atoms with van der Waals surface area (Å²) in [6.07, 6.45) is 0. The summed E-state index contributed by atoms with van der Waals surface area (Å²) in [5, 5.41) is 10.3. The minimum atomic E-state index is -0.763. The van der Waals surface area contributed by atoms with Crippen LogP contribution < -0.4 is 16.0 Å². The van der Waals surface area contributed by atoms with Crippen LogP contribution in [0, 0.1) is 5.41 Å². The molecule has 4 N–H and O–H groups in total. The Morgan fingerprint density at radius 3 is 2.47 bits per heavy atom. The number of anilines is 1. The van der Waals surface area contributed by atoms with E-state index < -0.39 is 6.03 Å². The van der Waals surface area contributed by atoms with Crippen molar-refractivity contribution in [2.24, 2.45) is 5.73 Å². The summed E-state index contributed by atoms with van der Waals surface area (Å²) >= 11 is 5.72. The molecule has 6 heteroatoms. The van der Waals surface area contributed by atoms with Crippen molar-refractivity contribution >= 4 is 29.3 Å². The molecule has 0 aliphatic carbocycles. The van der Waals surface area contributed by atoms with Crippen molar-refractivity contribution in [2.45, 2.75) is 0 Å². The molecule has 0 atom stereocenters. The number of hydrogen-bond acceptors (Lipinski definition) is 2. The molecule has 0 saturated carbocycles. The molecule has 0 radical (unpaired) electrons. The van der Waals surface area contributed by atoms with Gasteiger partial charge in [0.05, 0.1) is 0 Å². The number of rotatable bonds is 1. The molecule has 1 rings (SSSR count). The quantitative estimate of drug-likeness (QED) is 0.499. The summed E-state index contributed by atoms with van der Waals surface area (Å²) in [7, 11) is 1.64. The van der Waals surface area contributed by atoms with Crippen LogP contribution in [-0.2, 0) is 0 Å². The number of nitrogens with zero attached hydrogens (tertiary/aromatic N) is 1. The molecule has 0 fully saturated rings. The van der Waals surface area contributed by atoms with E-state index in [1.54, 1.807) is 31.3 Å². The summed E-state index contributed by atoms with van der Waals surface area (Å²) in [4.78, 5) is 12.0. The number of nitrogens with two attached hydrogens (primary N) is 1. The topological polar surface area (TPSA) is 82.2 Å². The minimum Gasteiger partial charge on any atom is -0.351 e. The normalized spacial score (nSPS) is 9.47. The van der Waals surface area contributed by atoms with Crippen molar-refractivity contribution in [1.29, 1.82) is 5.41 Å². The molecule has 15 heavy (non-hydrogen) atoms. The number of carbonyl (C=O) groups is 1. The molecule has 0 heterocycles. The lowest BCUT2D eigenvalue weighted by Gasteiger charge is -2.19. The zero-order valence-electron chi connectivity index (χ0n) is 8.12. The average Bonchev–Trinajstić information content (AvgIpc) is 2.17. The van der Waals surface area contributed by atoms with Crippen molar-refractivity contribution in [1.82, 2.24) is 5.32 Å². The van der Waals surface area contributed by atoms with Gasteiger partial charge in [-0.05, 0) is 24.3 Å². The van der Waals surface area contributed by atoms with Crippen LogP contribution in [0.5, 0.6) is 0 Å². The van der Waals surface area contributed by atoms with E-state index in [4.69, 9.17) is 22.7 Å². The van der Waals surface area contributed by atoms with Gasteiger partial charge < -0.3 is 10.6 Å². The Labute approximate surface area is 92.3 Å². The molecular weight excluding hydrogens is 216 g/mol. The number of guanidine groups is 1. The fraction of sp³-hybridized carbons (Fsp3) is 0.111. The van der Waals surface area contributed by atoms with Gasteiger partial charge in [0.25, 0.3) is 0 Å². The van der Waals surface area contributed by atoms with Gasteiger partial charge in [-0.25, -0.2) is 4.79 Å². The van der Waals surface area contributed by atoms with Crippen molar-refractivity contribution in [3.63, 3.8) is 0 Å². The molecule has 80 valence electrons. The maximum Gasteiger partial charge on any atom is 0.318 e. The lowest BCUT2D eigenvalue weighted by molar-refractivity contribution is 0.253. The fourth-order valence-corrected chi connectivity index (χ4v) is 1.12. The predicted octanol–water partition coefficient (Wildman–Crippen LogP) is 1.38. The highest BCUT2D eigenvalue weighted by Gasteiger charge is 2.07. The number of benzene rings is 1. The molecule has 0 aliphatic heterocycles. The number of hydrogen-bond donors (Lipinski definition) is 3. The van der Waals surface area contributed by atoms with Crippen LogP contribution in [0.3, 0.4) is 0 Å². The summed E-state index contributed by atoms with van der Waals surface area (Å²) in [5.74, 6) is -0.0928. The van der Waals surface area contributed by atoms with Crippen LogP contribution in [0.1, 0.15) is 0 Å². The largest absolute Gasteiger partial charge is 0.351 e. The third kappa shape index (κ3) is 3.14. The van der Waals surface area contributed by atoms with Gasteiger partial charge in [0, 0.05) is 17.8 Å². The molecule has 5 nitrogen and oxygen atoms in total. The number of carbonyl (C=O) groups excluding carboxylic acids is 1.